The molecule has 1 amide bonds. The molecule has 2 aromatic rings. The number of nitrogens with zero attached hydrogens (tertiary/aromatic N) is 2. The number of allylic oxidation sites excluding steroid dienone is 1. The van der Waals surface area contributed by atoms with Crippen LogP contribution in [0.3, 0.4) is 0 Å². The fourth-order valence-electron chi connectivity index (χ4n) is 3.79. The number of benzene rings is 1. The van der Waals surface area contributed by atoms with E-state index in [0.29, 0.717) is 16.3 Å². The lowest BCUT2D eigenvalue weighted by molar-refractivity contribution is -0.106. The van der Waals surface area contributed by atoms with E-state index >= 15 is 0 Å². The van der Waals surface area contributed by atoms with E-state index in [9.17, 15) is 5.26 Å². The van der Waals surface area contributed by atoms with Crippen LogP contribution in [0.5, 0.6) is 0 Å². The molecular formula is C26H35ClN4O. The number of nitriles is 1. The van der Waals surface area contributed by atoms with Crippen molar-refractivity contribution in [3.8, 4) is 6.07 Å². The van der Waals surface area contributed by atoms with E-state index in [2.05, 4.69) is 36.7 Å². The maximum Gasteiger partial charge on any atom is 0.204 e. The summed E-state index contributed by atoms with van der Waals surface area (Å²) in [4.78, 5) is 12.7. The lowest BCUT2D eigenvalue weighted by atomic mass is 9.91. The maximum absolute atomic E-state index is 9.29. The van der Waals surface area contributed by atoms with Crippen LogP contribution in [0, 0.1) is 31.1 Å². The van der Waals surface area contributed by atoms with E-state index in [1.807, 2.05) is 26.0 Å². The molecule has 0 atom stereocenters. The Kier molecular flexibility index (Phi) is 12.1. The summed E-state index contributed by atoms with van der Waals surface area (Å²) in [5, 5.41) is 9.78. The fourth-order valence-corrected chi connectivity index (χ4v) is 3.99. The second kappa shape index (κ2) is 14.3. The highest BCUT2D eigenvalue weighted by Crippen LogP contribution is 2.34. The van der Waals surface area contributed by atoms with Crippen molar-refractivity contribution < 1.29 is 4.79 Å². The number of aryl methyl sites for hydroxylation is 2. The average molecular weight is 455 g/mol. The molecule has 0 radical (unpaired) electrons. The third-order valence-electron chi connectivity index (χ3n) is 5.48. The number of hydrogen-bond acceptors (Lipinski definition) is 4. The fraction of sp³-hybridized carbons (Fsp3) is 0.423. The number of nitrogen functional groups attached to an aromatic ring is 1. The van der Waals surface area contributed by atoms with Gasteiger partial charge < -0.3 is 11.5 Å². The molecule has 1 aliphatic carbocycles. The zero-order chi connectivity index (χ0) is 24.1. The summed E-state index contributed by atoms with van der Waals surface area (Å²) < 4.78 is 0. The predicted octanol–water partition coefficient (Wildman–Crippen LogP) is 6.34. The van der Waals surface area contributed by atoms with Gasteiger partial charge in [0.05, 0.1) is 28.5 Å². The number of carbonyl (C=O) groups is 1. The monoisotopic (exact) mass is 454 g/mol. The second-order valence-corrected chi connectivity index (χ2v) is 8.47. The summed E-state index contributed by atoms with van der Waals surface area (Å²) in [6.45, 7) is 8.38. The van der Waals surface area contributed by atoms with Crippen LogP contribution in [0.25, 0.3) is 5.57 Å². The molecule has 0 unspecified atom stereocenters. The van der Waals surface area contributed by atoms with Crippen LogP contribution in [-0.2, 0) is 4.79 Å². The van der Waals surface area contributed by atoms with Crippen molar-refractivity contribution in [1.29, 1.82) is 5.26 Å². The average Bonchev–Trinajstić information content (AvgIpc) is 2.76. The van der Waals surface area contributed by atoms with Crippen molar-refractivity contribution >= 4 is 29.3 Å². The van der Waals surface area contributed by atoms with Gasteiger partial charge in [-0.1, -0.05) is 69.7 Å². The molecule has 1 heterocycles. The first kappa shape index (κ1) is 27.2. The van der Waals surface area contributed by atoms with Gasteiger partial charge in [0.2, 0.25) is 6.41 Å². The zero-order valence-corrected chi connectivity index (χ0v) is 20.4. The van der Waals surface area contributed by atoms with Gasteiger partial charge in [-0.25, -0.2) is 0 Å². The number of rotatable bonds is 3. The summed E-state index contributed by atoms with van der Waals surface area (Å²) in [6, 6.07) is 6.16. The largest absolute Gasteiger partial charge is 0.396 e. The van der Waals surface area contributed by atoms with E-state index in [4.69, 9.17) is 22.1 Å². The van der Waals surface area contributed by atoms with Gasteiger partial charge in [-0.3, -0.25) is 9.78 Å². The number of anilines is 1. The molecule has 1 aromatic heterocycles. The normalized spacial score (nSPS) is 13.7. The molecule has 0 aliphatic heterocycles. The molecule has 5 nitrogen and oxygen atoms in total. The molecule has 6 heteroatoms. The van der Waals surface area contributed by atoms with Crippen LogP contribution < -0.4 is 11.5 Å². The van der Waals surface area contributed by atoms with Gasteiger partial charge in [-0.15, -0.1) is 0 Å². The minimum Gasteiger partial charge on any atom is -0.396 e. The Balaban J connectivity index is 0.000000424. The highest BCUT2D eigenvalue weighted by atomic mass is 35.5. The minimum atomic E-state index is 0.250. The molecule has 32 heavy (non-hydrogen) atoms. The van der Waals surface area contributed by atoms with Crippen molar-refractivity contribution in [2.24, 2.45) is 11.7 Å². The number of halogens is 1. The number of carbonyl (C=O) groups excluding carboxylic acids is 1. The van der Waals surface area contributed by atoms with Crippen LogP contribution >= 0.6 is 11.6 Å². The molecule has 1 saturated carbocycles. The van der Waals surface area contributed by atoms with Crippen molar-refractivity contribution in [3.63, 3.8) is 0 Å². The van der Waals surface area contributed by atoms with Crippen molar-refractivity contribution in [3.05, 3.63) is 63.4 Å². The number of pyridine rings is 1. The predicted molar refractivity (Wildman–Crippen MR) is 134 cm³/mol. The molecule has 1 aliphatic rings. The molecule has 3 rings (SSSR count). The van der Waals surface area contributed by atoms with Gasteiger partial charge in [0.1, 0.15) is 0 Å². The number of amides is 1. The Morgan fingerprint density at radius 3 is 2.31 bits per heavy atom. The van der Waals surface area contributed by atoms with Crippen molar-refractivity contribution in [2.45, 2.75) is 66.2 Å². The molecule has 172 valence electrons. The molecule has 1 aromatic carbocycles. The third-order valence-corrected chi connectivity index (χ3v) is 5.90. The Labute approximate surface area is 197 Å². The van der Waals surface area contributed by atoms with E-state index in [1.54, 1.807) is 6.20 Å². The van der Waals surface area contributed by atoms with Crippen LogP contribution in [0.4, 0.5) is 5.69 Å². The third kappa shape index (κ3) is 8.01. The molecule has 0 saturated heterocycles. The number of primary amides is 1. The maximum atomic E-state index is 9.29. The number of hydrogen-bond donors (Lipinski definition) is 2. The van der Waals surface area contributed by atoms with E-state index in [-0.39, 0.29) is 6.41 Å². The van der Waals surface area contributed by atoms with Crippen LogP contribution in [0.2, 0.25) is 5.02 Å². The minimum absolute atomic E-state index is 0.250. The first-order chi connectivity index (χ1) is 15.3. The molecular weight excluding hydrogens is 420 g/mol. The van der Waals surface area contributed by atoms with Crippen molar-refractivity contribution in [1.82, 2.24) is 4.98 Å². The van der Waals surface area contributed by atoms with Gasteiger partial charge in [0, 0.05) is 11.8 Å². The quantitative estimate of drug-likeness (QED) is 0.528. The number of nitrogens with two attached hydrogens (primary N) is 2. The Bertz CT molecular complexity index is 957. The lowest BCUT2D eigenvalue weighted by Crippen LogP contribution is -1.99. The molecule has 0 bridgehead atoms. The van der Waals surface area contributed by atoms with Gasteiger partial charge in [-0.2, -0.15) is 5.26 Å². The van der Waals surface area contributed by atoms with E-state index in [0.717, 1.165) is 40.2 Å². The summed E-state index contributed by atoms with van der Waals surface area (Å²) >= 11 is 6.36. The van der Waals surface area contributed by atoms with Crippen molar-refractivity contribution in [2.75, 3.05) is 5.73 Å². The van der Waals surface area contributed by atoms with Crippen LogP contribution in [0.15, 0.2) is 30.6 Å². The SMILES string of the molecule is CC/C=C(\c1cc(C#N)c(C)cc1C)c1cncc(N)c1Cl.CC1CCCCC1.NC=O. The lowest BCUT2D eigenvalue weighted by Gasteiger charge is -2.15. The smallest absolute Gasteiger partial charge is 0.204 e. The van der Waals surface area contributed by atoms with Crippen LogP contribution in [0.1, 0.15) is 80.2 Å². The highest BCUT2D eigenvalue weighted by Gasteiger charge is 2.15. The molecule has 1 fully saturated rings. The summed E-state index contributed by atoms with van der Waals surface area (Å²) in [5.74, 6) is 1.04. The van der Waals surface area contributed by atoms with Gasteiger partial charge in [0.15, 0.2) is 0 Å². The summed E-state index contributed by atoms with van der Waals surface area (Å²) in [7, 11) is 0. The van der Waals surface area contributed by atoms with E-state index in [1.165, 1.54) is 38.3 Å². The Morgan fingerprint density at radius 2 is 1.81 bits per heavy atom. The Hall–Kier alpha value is -2.84. The van der Waals surface area contributed by atoms with Gasteiger partial charge in [0.25, 0.3) is 0 Å². The zero-order valence-electron chi connectivity index (χ0n) is 19.6. The summed E-state index contributed by atoms with van der Waals surface area (Å²) in [6.07, 6.45) is 13.9. The second-order valence-electron chi connectivity index (χ2n) is 8.09. The standard InChI is InChI=1S/C18H18ClN3.C7H14.CH3NO/c1-4-5-14(16-9-22-10-17(21)18(16)19)15-7-13(8-20)11(2)6-12(15)3;1-7-5-3-2-4-6-7;2-1-3/h5-7,9-10H,4,21H2,1-3H3;7H,2-6H2,1H3;1H,(H2,2,3)/b14-5+;;. The molecule has 4 N–H and O–H groups in total. The van der Waals surface area contributed by atoms with Crippen LogP contribution in [-0.4, -0.2) is 11.4 Å². The van der Waals surface area contributed by atoms with Gasteiger partial charge in [-0.05, 0) is 54.5 Å². The summed E-state index contributed by atoms with van der Waals surface area (Å²) in [5.41, 5.74) is 16.0. The number of aromatic nitrogens is 1. The first-order valence-electron chi connectivity index (χ1n) is 11.1. The topological polar surface area (TPSA) is 106 Å². The van der Waals surface area contributed by atoms with Gasteiger partial charge >= 0.3 is 0 Å². The van der Waals surface area contributed by atoms with E-state index < -0.39 is 0 Å². The highest BCUT2D eigenvalue weighted by molar-refractivity contribution is 6.35. The Morgan fingerprint density at radius 1 is 1.19 bits per heavy atom. The molecule has 0 spiro atoms. The first-order valence-corrected chi connectivity index (χ1v) is 11.4.